The van der Waals surface area contributed by atoms with E-state index in [9.17, 15) is 4.79 Å². The number of halogens is 1. The lowest BCUT2D eigenvalue weighted by Gasteiger charge is -2.15. The van der Waals surface area contributed by atoms with Crippen LogP contribution in [0, 0.1) is 9.62 Å². The molecule has 0 bridgehead atoms. The van der Waals surface area contributed by atoms with Gasteiger partial charge in [0.2, 0.25) is 0 Å². The second kappa shape index (κ2) is 6.07. The molecule has 1 saturated carbocycles. The first-order valence-corrected chi connectivity index (χ1v) is 9.00. The quantitative estimate of drug-likeness (QED) is 0.624. The normalized spacial score (nSPS) is 15.7. The van der Waals surface area contributed by atoms with Crippen LogP contribution in [-0.2, 0) is 11.2 Å². The molecule has 0 spiro atoms. The van der Waals surface area contributed by atoms with Crippen molar-refractivity contribution in [1.29, 1.82) is 0 Å². The molecule has 1 aromatic heterocycles. The van der Waals surface area contributed by atoms with Crippen LogP contribution in [-0.4, -0.2) is 16.0 Å². The first-order valence-electron chi connectivity index (χ1n) is 7.92. The number of H-pyrrole nitrogens is 1. The van der Waals surface area contributed by atoms with Gasteiger partial charge in [0, 0.05) is 17.7 Å². The molecular weight excluding hydrogens is 399 g/mol. The van der Waals surface area contributed by atoms with Gasteiger partial charge in [-0.05, 0) is 64.6 Å². The summed E-state index contributed by atoms with van der Waals surface area (Å²) in [5.74, 6) is 0.912. The molecule has 0 amide bonds. The molecule has 1 aliphatic carbocycles. The van der Waals surface area contributed by atoms with Gasteiger partial charge in [-0.1, -0.05) is 36.4 Å². The summed E-state index contributed by atoms with van der Waals surface area (Å²) in [5.41, 5.74) is 3.19. The standard InChI is InChI=1S/C19H17IN2O/c20-19-15-10-12(6-9-16(15)21-22-19)11-17(23)18(14-7-8-14)13-4-2-1-3-5-13/h1-6,9-10,14,18H,7-8,11H2,(H,21,22). The van der Waals surface area contributed by atoms with E-state index in [1.807, 2.05) is 30.3 Å². The van der Waals surface area contributed by atoms with Crippen LogP contribution in [0.15, 0.2) is 48.5 Å². The molecule has 2 aromatic carbocycles. The van der Waals surface area contributed by atoms with Crippen LogP contribution < -0.4 is 0 Å². The fraction of sp³-hybridized carbons (Fsp3) is 0.263. The summed E-state index contributed by atoms with van der Waals surface area (Å²) in [6.45, 7) is 0. The fourth-order valence-electron chi connectivity index (χ4n) is 3.26. The zero-order chi connectivity index (χ0) is 15.8. The van der Waals surface area contributed by atoms with E-state index in [4.69, 9.17) is 0 Å². The van der Waals surface area contributed by atoms with E-state index in [0.717, 1.165) is 20.2 Å². The van der Waals surface area contributed by atoms with Crippen molar-refractivity contribution in [2.75, 3.05) is 0 Å². The molecule has 0 saturated heterocycles. The number of Topliss-reactive ketones (excluding diaryl/α,β-unsaturated/α-hetero) is 1. The van der Waals surface area contributed by atoms with Gasteiger partial charge in [0.05, 0.1) is 5.52 Å². The average Bonchev–Trinajstić information content (AvgIpc) is 3.33. The molecule has 23 heavy (non-hydrogen) atoms. The molecule has 0 radical (unpaired) electrons. The Kier molecular flexibility index (Phi) is 3.93. The van der Waals surface area contributed by atoms with Crippen molar-refractivity contribution in [2.24, 2.45) is 5.92 Å². The Morgan fingerprint density at radius 2 is 2.00 bits per heavy atom. The molecule has 3 aromatic rings. The molecule has 4 heteroatoms. The second-order valence-electron chi connectivity index (χ2n) is 6.26. The summed E-state index contributed by atoms with van der Waals surface area (Å²) >= 11 is 2.24. The molecule has 1 fully saturated rings. The topological polar surface area (TPSA) is 45.8 Å². The highest BCUT2D eigenvalue weighted by Gasteiger charge is 2.36. The monoisotopic (exact) mass is 416 g/mol. The van der Waals surface area contributed by atoms with Gasteiger partial charge < -0.3 is 0 Å². The Morgan fingerprint density at radius 3 is 2.74 bits per heavy atom. The number of nitrogens with zero attached hydrogens (tertiary/aromatic N) is 1. The van der Waals surface area contributed by atoms with Crippen molar-refractivity contribution in [2.45, 2.75) is 25.2 Å². The second-order valence-corrected chi connectivity index (χ2v) is 7.34. The number of fused-ring (bicyclic) bond motifs is 1. The van der Waals surface area contributed by atoms with Crippen molar-refractivity contribution in [1.82, 2.24) is 10.2 Å². The van der Waals surface area contributed by atoms with E-state index in [1.54, 1.807) is 0 Å². The first-order chi connectivity index (χ1) is 11.2. The van der Waals surface area contributed by atoms with Crippen LogP contribution in [0.5, 0.6) is 0 Å². The third kappa shape index (κ3) is 3.04. The predicted molar refractivity (Wildman–Crippen MR) is 99.4 cm³/mol. The van der Waals surface area contributed by atoms with Crippen LogP contribution in [0.3, 0.4) is 0 Å². The van der Waals surface area contributed by atoms with Gasteiger partial charge in [-0.2, -0.15) is 5.10 Å². The highest BCUT2D eigenvalue weighted by atomic mass is 127. The number of aromatic nitrogens is 2. The third-order valence-corrected chi connectivity index (χ3v) is 5.37. The van der Waals surface area contributed by atoms with Crippen LogP contribution >= 0.6 is 22.6 Å². The summed E-state index contributed by atoms with van der Waals surface area (Å²) in [7, 11) is 0. The zero-order valence-electron chi connectivity index (χ0n) is 12.6. The number of aromatic amines is 1. The van der Waals surface area contributed by atoms with Gasteiger partial charge in [-0.3, -0.25) is 9.89 Å². The lowest BCUT2D eigenvalue weighted by Crippen LogP contribution is -2.17. The SMILES string of the molecule is O=C(Cc1ccc2n[nH]c(I)c2c1)C(c1ccccc1)C1CC1. The van der Waals surface area contributed by atoms with E-state index in [0.29, 0.717) is 18.1 Å². The molecule has 116 valence electrons. The highest BCUT2D eigenvalue weighted by Crippen LogP contribution is 2.43. The molecule has 1 aliphatic rings. The van der Waals surface area contributed by atoms with Crippen LogP contribution in [0.2, 0.25) is 0 Å². The third-order valence-electron chi connectivity index (χ3n) is 4.55. The largest absolute Gasteiger partial charge is 0.299 e. The number of hydrogen-bond donors (Lipinski definition) is 1. The first kappa shape index (κ1) is 14.9. The molecule has 1 unspecified atom stereocenters. The summed E-state index contributed by atoms with van der Waals surface area (Å²) < 4.78 is 1.02. The molecule has 1 N–H and O–H groups in total. The maximum Gasteiger partial charge on any atom is 0.144 e. The Labute approximate surface area is 148 Å². The Balaban J connectivity index is 1.60. The maximum absolute atomic E-state index is 12.9. The summed E-state index contributed by atoms with van der Waals surface area (Å²) in [4.78, 5) is 12.9. The Morgan fingerprint density at radius 1 is 1.22 bits per heavy atom. The summed E-state index contributed by atoms with van der Waals surface area (Å²) in [6, 6.07) is 16.3. The average molecular weight is 416 g/mol. The lowest BCUT2D eigenvalue weighted by molar-refractivity contribution is -0.120. The minimum absolute atomic E-state index is 0.0512. The van der Waals surface area contributed by atoms with Gasteiger partial charge in [-0.25, -0.2) is 0 Å². The predicted octanol–water partition coefficient (Wildman–Crippen LogP) is 4.47. The van der Waals surface area contributed by atoms with E-state index in [-0.39, 0.29) is 5.92 Å². The number of carbonyl (C=O) groups is 1. The number of carbonyl (C=O) groups excluding carboxylic acids is 1. The van der Waals surface area contributed by atoms with Crippen LogP contribution in [0.4, 0.5) is 0 Å². The van der Waals surface area contributed by atoms with Gasteiger partial charge in [0.1, 0.15) is 9.48 Å². The molecule has 4 rings (SSSR count). The molecule has 0 aliphatic heterocycles. The molecule has 1 atom stereocenters. The van der Waals surface area contributed by atoms with Crippen LogP contribution in [0.25, 0.3) is 10.9 Å². The number of rotatable bonds is 5. The molecular formula is C19H17IN2O. The number of ketones is 1. The van der Waals surface area contributed by atoms with Gasteiger partial charge >= 0.3 is 0 Å². The van der Waals surface area contributed by atoms with Gasteiger partial charge in [0.15, 0.2) is 0 Å². The minimum atomic E-state index is 0.0512. The van der Waals surface area contributed by atoms with E-state index in [1.165, 1.54) is 18.4 Å². The molecule has 1 heterocycles. The summed E-state index contributed by atoms with van der Waals surface area (Å²) in [5, 5.41) is 8.32. The van der Waals surface area contributed by atoms with E-state index in [2.05, 4.69) is 51.0 Å². The van der Waals surface area contributed by atoms with Crippen molar-refractivity contribution < 1.29 is 4.79 Å². The van der Waals surface area contributed by atoms with Crippen molar-refractivity contribution >= 4 is 39.3 Å². The maximum atomic E-state index is 12.9. The minimum Gasteiger partial charge on any atom is -0.299 e. The number of benzene rings is 2. The number of hydrogen-bond acceptors (Lipinski definition) is 2. The summed E-state index contributed by atoms with van der Waals surface area (Å²) in [6.07, 6.45) is 2.83. The Hall–Kier alpha value is -1.69. The van der Waals surface area contributed by atoms with Crippen molar-refractivity contribution in [3.63, 3.8) is 0 Å². The molecule has 3 nitrogen and oxygen atoms in total. The zero-order valence-corrected chi connectivity index (χ0v) is 14.8. The number of nitrogens with one attached hydrogen (secondary N) is 1. The fourth-order valence-corrected chi connectivity index (χ4v) is 3.81. The van der Waals surface area contributed by atoms with Crippen molar-refractivity contribution in [3.05, 3.63) is 63.4 Å². The van der Waals surface area contributed by atoms with Crippen LogP contribution in [0.1, 0.15) is 29.9 Å². The smallest absolute Gasteiger partial charge is 0.144 e. The van der Waals surface area contributed by atoms with E-state index >= 15 is 0 Å². The van der Waals surface area contributed by atoms with Crippen molar-refractivity contribution in [3.8, 4) is 0 Å². The van der Waals surface area contributed by atoms with Gasteiger partial charge in [0.25, 0.3) is 0 Å². The Bertz CT molecular complexity index is 852. The lowest BCUT2D eigenvalue weighted by atomic mass is 9.87. The van der Waals surface area contributed by atoms with E-state index < -0.39 is 0 Å². The highest BCUT2D eigenvalue weighted by molar-refractivity contribution is 14.1. The van der Waals surface area contributed by atoms with Gasteiger partial charge in [-0.15, -0.1) is 0 Å².